The van der Waals surface area contributed by atoms with E-state index in [4.69, 9.17) is 9.47 Å². The number of hydrogen-bond acceptors (Lipinski definition) is 6. The van der Waals surface area contributed by atoms with Crippen molar-refractivity contribution in [1.82, 2.24) is 10.2 Å². The normalized spacial score (nSPS) is 11.9. The van der Waals surface area contributed by atoms with Crippen LogP contribution in [0.5, 0.6) is 11.5 Å². The molecule has 10 heteroatoms. The fourth-order valence-corrected chi connectivity index (χ4v) is 4.97. The maximum absolute atomic E-state index is 13.4. The minimum absolute atomic E-state index is 0.0705. The highest BCUT2D eigenvalue weighted by atomic mass is 32.2. The predicted molar refractivity (Wildman–Crippen MR) is 141 cm³/mol. The predicted octanol–water partition coefficient (Wildman–Crippen LogP) is 3.19. The third-order valence-corrected chi connectivity index (χ3v) is 6.91. The minimum Gasteiger partial charge on any atom is -0.497 e. The lowest BCUT2D eigenvalue weighted by atomic mass is 10.1. The van der Waals surface area contributed by atoms with Crippen LogP contribution in [0.3, 0.4) is 0 Å². The maximum Gasteiger partial charge on any atom is 0.242 e. The van der Waals surface area contributed by atoms with Crippen molar-refractivity contribution in [3.63, 3.8) is 0 Å². The summed E-state index contributed by atoms with van der Waals surface area (Å²) < 4.78 is 36.9. The molecule has 36 heavy (non-hydrogen) atoms. The van der Waals surface area contributed by atoms with Crippen molar-refractivity contribution in [2.45, 2.75) is 45.7 Å². The molecule has 0 aliphatic heterocycles. The summed E-state index contributed by atoms with van der Waals surface area (Å²) in [6.45, 7) is 4.47. The molecule has 0 aromatic heterocycles. The van der Waals surface area contributed by atoms with E-state index in [1.807, 2.05) is 38.1 Å². The summed E-state index contributed by atoms with van der Waals surface area (Å²) in [7, 11) is -0.568. The molecule has 0 heterocycles. The standard InChI is InChI=1S/C26H37N3O6S/c1-6-22(26(31)27-7-2)28(19-20-12-10-13-21(18-20)34-3)25(30)16-11-17-29(36(5,32)33)23-14-8-9-15-24(23)35-4/h8-10,12-15,18,22H,6-7,11,16-17,19H2,1-5H3,(H,27,31)/t22-/m1/s1. The molecule has 1 atom stereocenters. The summed E-state index contributed by atoms with van der Waals surface area (Å²) in [4.78, 5) is 27.8. The summed E-state index contributed by atoms with van der Waals surface area (Å²) in [6.07, 6.45) is 1.90. The number of carbonyl (C=O) groups is 2. The van der Waals surface area contributed by atoms with Gasteiger partial charge in [-0.25, -0.2) is 8.42 Å². The number of amides is 2. The Labute approximate surface area is 214 Å². The van der Waals surface area contributed by atoms with Gasteiger partial charge in [-0.3, -0.25) is 13.9 Å². The van der Waals surface area contributed by atoms with Gasteiger partial charge in [0.05, 0.1) is 26.2 Å². The number of hydrogen-bond donors (Lipinski definition) is 1. The monoisotopic (exact) mass is 519 g/mol. The lowest BCUT2D eigenvalue weighted by molar-refractivity contribution is -0.141. The Balaban J connectivity index is 2.25. The van der Waals surface area contributed by atoms with Gasteiger partial charge in [-0.2, -0.15) is 0 Å². The van der Waals surface area contributed by atoms with E-state index in [1.54, 1.807) is 36.3 Å². The van der Waals surface area contributed by atoms with Gasteiger partial charge < -0.3 is 19.7 Å². The second-order valence-corrected chi connectivity index (χ2v) is 10.2. The molecule has 198 valence electrons. The second kappa shape index (κ2) is 13.7. The molecule has 2 rings (SSSR count). The van der Waals surface area contributed by atoms with Crippen molar-refractivity contribution in [3.8, 4) is 11.5 Å². The first kappa shape index (κ1) is 29.0. The molecule has 2 amide bonds. The maximum atomic E-state index is 13.4. The number of likely N-dealkylation sites (N-methyl/N-ethyl adjacent to an activating group) is 1. The number of benzene rings is 2. The van der Waals surface area contributed by atoms with Gasteiger partial charge in [0.1, 0.15) is 17.5 Å². The Bertz CT molecular complexity index is 1120. The number of para-hydroxylation sites is 2. The van der Waals surface area contributed by atoms with Crippen molar-refractivity contribution in [2.75, 3.05) is 37.9 Å². The van der Waals surface area contributed by atoms with E-state index in [9.17, 15) is 18.0 Å². The molecule has 0 unspecified atom stereocenters. The highest BCUT2D eigenvalue weighted by Gasteiger charge is 2.29. The molecule has 0 saturated heterocycles. The molecule has 0 bridgehead atoms. The SMILES string of the molecule is CCNC(=O)[C@@H](CC)N(Cc1cccc(OC)c1)C(=O)CCCN(c1ccccc1OC)S(C)(=O)=O. The molecule has 0 radical (unpaired) electrons. The van der Waals surface area contributed by atoms with Gasteiger partial charge in [-0.05, 0) is 49.6 Å². The van der Waals surface area contributed by atoms with Gasteiger partial charge in [-0.1, -0.05) is 31.2 Å². The Kier molecular flexibility index (Phi) is 11.0. The number of nitrogens with one attached hydrogen (secondary N) is 1. The van der Waals surface area contributed by atoms with Crippen LogP contribution in [0.15, 0.2) is 48.5 Å². The first-order valence-electron chi connectivity index (χ1n) is 12.0. The number of rotatable bonds is 14. The smallest absolute Gasteiger partial charge is 0.242 e. The Morgan fingerprint density at radius 1 is 1.03 bits per heavy atom. The number of carbonyl (C=O) groups excluding carboxylic acids is 2. The molecule has 0 aliphatic rings. The summed E-state index contributed by atoms with van der Waals surface area (Å²) in [5, 5.41) is 2.81. The summed E-state index contributed by atoms with van der Waals surface area (Å²) >= 11 is 0. The van der Waals surface area contributed by atoms with Gasteiger partial charge in [0.2, 0.25) is 21.8 Å². The molecular formula is C26H37N3O6S. The molecular weight excluding hydrogens is 482 g/mol. The van der Waals surface area contributed by atoms with E-state index in [0.717, 1.165) is 11.8 Å². The molecule has 2 aromatic carbocycles. The van der Waals surface area contributed by atoms with Crippen molar-refractivity contribution >= 4 is 27.5 Å². The van der Waals surface area contributed by atoms with Crippen LogP contribution in [0.4, 0.5) is 5.69 Å². The van der Waals surface area contributed by atoms with Crippen LogP contribution in [-0.2, 0) is 26.2 Å². The number of methoxy groups -OCH3 is 2. The zero-order valence-electron chi connectivity index (χ0n) is 21.7. The van der Waals surface area contributed by atoms with Gasteiger partial charge >= 0.3 is 0 Å². The number of ether oxygens (including phenoxy) is 2. The quantitative estimate of drug-likeness (QED) is 0.411. The van der Waals surface area contributed by atoms with E-state index >= 15 is 0 Å². The lowest BCUT2D eigenvalue weighted by Crippen LogP contribution is -2.49. The topological polar surface area (TPSA) is 105 Å². The first-order valence-corrected chi connectivity index (χ1v) is 13.8. The van der Waals surface area contributed by atoms with E-state index < -0.39 is 16.1 Å². The van der Waals surface area contributed by atoms with Crippen LogP contribution in [0.2, 0.25) is 0 Å². The van der Waals surface area contributed by atoms with E-state index in [0.29, 0.717) is 30.2 Å². The fraction of sp³-hybridized carbons (Fsp3) is 0.462. The average Bonchev–Trinajstić information content (AvgIpc) is 2.86. The van der Waals surface area contributed by atoms with Gasteiger partial charge in [0.25, 0.3) is 0 Å². The largest absolute Gasteiger partial charge is 0.497 e. The van der Waals surface area contributed by atoms with Gasteiger partial charge in [0.15, 0.2) is 0 Å². The van der Waals surface area contributed by atoms with Crippen LogP contribution in [0.25, 0.3) is 0 Å². The highest BCUT2D eigenvalue weighted by Crippen LogP contribution is 2.30. The van der Waals surface area contributed by atoms with Gasteiger partial charge in [-0.15, -0.1) is 0 Å². The van der Waals surface area contributed by atoms with Crippen LogP contribution in [-0.4, -0.2) is 64.7 Å². The molecule has 1 N–H and O–H groups in total. The summed E-state index contributed by atoms with van der Waals surface area (Å²) in [5.41, 5.74) is 1.24. The second-order valence-electron chi connectivity index (χ2n) is 8.30. The Hall–Kier alpha value is -3.27. The molecule has 9 nitrogen and oxygen atoms in total. The average molecular weight is 520 g/mol. The zero-order chi connectivity index (χ0) is 26.7. The highest BCUT2D eigenvalue weighted by molar-refractivity contribution is 7.92. The summed E-state index contributed by atoms with van der Waals surface area (Å²) in [5.74, 6) is 0.634. The van der Waals surface area contributed by atoms with Crippen molar-refractivity contribution < 1.29 is 27.5 Å². The fourth-order valence-electron chi connectivity index (χ4n) is 4.00. The third-order valence-electron chi connectivity index (χ3n) is 5.73. The zero-order valence-corrected chi connectivity index (χ0v) is 22.5. The van der Waals surface area contributed by atoms with Gasteiger partial charge in [0, 0.05) is 26.1 Å². The molecule has 0 fully saturated rings. The van der Waals surface area contributed by atoms with Crippen molar-refractivity contribution in [3.05, 3.63) is 54.1 Å². The molecule has 0 saturated carbocycles. The molecule has 0 aliphatic carbocycles. The van der Waals surface area contributed by atoms with Crippen molar-refractivity contribution in [2.24, 2.45) is 0 Å². The minimum atomic E-state index is -3.62. The third kappa shape index (κ3) is 7.87. The summed E-state index contributed by atoms with van der Waals surface area (Å²) in [6, 6.07) is 13.5. The van der Waals surface area contributed by atoms with Crippen molar-refractivity contribution in [1.29, 1.82) is 0 Å². The van der Waals surface area contributed by atoms with E-state index in [-0.39, 0.29) is 37.7 Å². The number of anilines is 1. The van der Waals surface area contributed by atoms with Crippen LogP contribution in [0.1, 0.15) is 38.7 Å². The molecule has 2 aromatic rings. The first-order chi connectivity index (χ1) is 17.2. The Morgan fingerprint density at radius 3 is 2.36 bits per heavy atom. The lowest BCUT2D eigenvalue weighted by Gasteiger charge is -2.31. The van der Waals surface area contributed by atoms with Crippen LogP contribution >= 0.6 is 0 Å². The van der Waals surface area contributed by atoms with E-state index in [1.165, 1.54) is 11.4 Å². The number of sulfonamides is 1. The Morgan fingerprint density at radius 2 is 1.75 bits per heavy atom. The van der Waals surface area contributed by atoms with Crippen LogP contribution < -0.4 is 19.1 Å². The van der Waals surface area contributed by atoms with Crippen LogP contribution in [0, 0.1) is 0 Å². The molecule has 0 spiro atoms. The number of nitrogens with zero attached hydrogens (tertiary/aromatic N) is 2. The van der Waals surface area contributed by atoms with E-state index in [2.05, 4.69) is 5.32 Å².